The maximum atomic E-state index is 5.97. The van der Waals surface area contributed by atoms with E-state index in [9.17, 15) is 0 Å². The van der Waals surface area contributed by atoms with E-state index in [1.54, 1.807) is 6.20 Å². The van der Waals surface area contributed by atoms with Crippen LogP contribution in [0.4, 0.5) is 11.6 Å². The van der Waals surface area contributed by atoms with Crippen LogP contribution >= 0.6 is 0 Å². The van der Waals surface area contributed by atoms with E-state index in [1.807, 2.05) is 61.5 Å². The monoisotopic (exact) mass is 280 g/mol. The van der Waals surface area contributed by atoms with E-state index in [0.29, 0.717) is 5.75 Å². The van der Waals surface area contributed by atoms with E-state index in [2.05, 4.69) is 9.97 Å². The van der Waals surface area contributed by atoms with E-state index in [-0.39, 0.29) is 5.95 Å². The fourth-order valence-corrected chi connectivity index (χ4v) is 2.08. The van der Waals surface area contributed by atoms with E-state index in [1.165, 1.54) is 0 Å². The van der Waals surface area contributed by atoms with Gasteiger partial charge in [0, 0.05) is 32.0 Å². The van der Waals surface area contributed by atoms with Gasteiger partial charge in [0.05, 0.1) is 10.9 Å². The number of fused-ring (bicyclic) bond motifs is 1. The van der Waals surface area contributed by atoms with E-state index >= 15 is 0 Å². The zero-order valence-corrected chi connectivity index (χ0v) is 11.9. The average Bonchev–Trinajstić information content (AvgIpc) is 2.47. The number of anilines is 2. The highest BCUT2D eigenvalue weighted by molar-refractivity contribution is 5.85. The van der Waals surface area contributed by atoms with Crippen LogP contribution in [0.2, 0.25) is 0 Å². The minimum Gasteiger partial charge on any atom is -0.457 e. The molecular weight excluding hydrogens is 264 g/mol. The molecule has 106 valence electrons. The van der Waals surface area contributed by atoms with Crippen LogP contribution in [0.3, 0.4) is 0 Å². The normalized spacial score (nSPS) is 10.6. The summed E-state index contributed by atoms with van der Waals surface area (Å²) in [6, 6.07) is 13.6. The molecule has 5 heteroatoms. The number of nitrogens with two attached hydrogens (primary N) is 1. The summed E-state index contributed by atoms with van der Waals surface area (Å²) in [5, 5.41) is 0.835. The lowest BCUT2D eigenvalue weighted by Crippen LogP contribution is -2.08. The molecule has 5 nitrogen and oxygen atoms in total. The SMILES string of the molecule is CN(C)c1cccc(Oc2cccc3nc(N)ncc23)c1. The van der Waals surface area contributed by atoms with Crippen molar-refractivity contribution in [2.45, 2.75) is 0 Å². The third-order valence-electron chi connectivity index (χ3n) is 3.17. The van der Waals surface area contributed by atoms with Crippen molar-refractivity contribution in [1.29, 1.82) is 0 Å². The summed E-state index contributed by atoms with van der Waals surface area (Å²) in [5.41, 5.74) is 7.46. The van der Waals surface area contributed by atoms with Crippen LogP contribution < -0.4 is 15.4 Å². The first-order chi connectivity index (χ1) is 10.1. The number of hydrogen-bond acceptors (Lipinski definition) is 5. The molecule has 0 aliphatic rings. The summed E-state index contributed by atoms with van der Waals surface area (Å²) < 4.78 is 5.97. The molecule has 1 heterocycles. The number of nitrogens with zero attached hydrogens (tertiary/aromatic N) is 3. The van der Waals surface area contributed by atoms with Crippen LogP contribution in [-0.2, 0) is 0 Å². The number of ether oxygens (including phenoxy) is 1. The molecule has 3 aromatic rings. The van der Waals surface area contributed by atoms with Gasteiger partial charge in [0.2, 0.25) is 5.95 Å². The second kappa shape index (κ2) is 5.28. The predicted octanol–water partition coefficient (Wildman–Crippen LogP) is 3.07. The highest BCUT2D eigenvalue weighted by atomic mass is 16.5. The summed E-state index contributed by atoms with van der Waals surface area (Å²) in [5.74, 6) is 1.74. The van der Waals surface area contributed by atoms with Crippen molar-refractivity contribution in [3.8, 4) is 11.5 Å². The largest absolute Gasteiger partial charge is 0.457 e. The minimum absolute atomic E-state index is 0.259. The Morgan fingerprint density at radius 2 is 1.90 bits per heavy atom. The molecule has 0 amide bonds. The predicted molar refractivity (Wildman–Crippen MR) is 84.8 cm³/mol. The summed E-state index contributed by atoms with van der Waals surface area (Å²) in [4.78, 5) is 10.3. The van der Waals surface area contributed by atoms with Gasteiger partial charge in [-0.15, -0.1) is 0 Å². The maximum absolute atomic E-state index is 5.97. The maximum Gasteiger partial charge on any atom is 0.220 e. The Labute approximate surface area is 123 Å². The Balaban J connectivity index is 2.00. The minimum atomic E-state index is 0.259. The lowest BCUT2D eigenvalue weighted by molar-refractivity contribution is 0.488. The molecule has 0 aliphatic heterocycles. The van der Waals surface area contributed by atoms with Crippen molar-refractivity contribution in [3.63, 3.8) is 0 Å². The third kappa shape index (κ3) is 2.72. The van der Waals surface area contributed by atoms with Crippen molar-refractivity contribution in [2.75, 3.05) is 24.7 Å². The molecule has 2 aromatic carbocycles. The fourth-order valence-electron chi connectivity index (χ4n) is 2.08. The highest BCUT2D eigenvalue weighted by Gasteiger charge is 2.06. The average molecular weight is 280 g/mol. The topological polar surface area (TPSA) is 64.3 Å². The lowest BCUT2D eigenvalue weighted by atomic mass is 10.2. The number of aromatic nitrogens is 2. The standard InChI is InChI=1S/C16H16N4O/c1-20(2)11-5-3-6-12(9-11)21-15-8-4-7-14-13(15)10-18-16(17)19-14/h3-10H,1-2H3,(H2,17,18,19). The van der Waals surface area contributed by atoms with Crippen molar-refractivity contribution >= 4 is 22.5 Å². The van der Waals surface area contributed by atoms with Gasteiger partial charge in [-0.2, -0.15) is 0 Å². The number of hydrogen-bond donors (Lipinski definition) is 1. The Morgan fingerprint density at radius 3 is 2.71 bits per heavy atom. The zero-order chi connectivity index (χ0) is 14.8. The zero-order valence-electron chi connectivity index (χ0n) is 11.9. The van der Waals surface area contributed by atoms with Gasteiger partial charge < -0.3 is 15.4 Å². The number of benzene rings is 2. The van der Waals surface area contributed by atoms with Crippen LogP contribution in [0.25, 0.3) is 10.9 Å². The molecule has 21 heavy (non-hydrogen) atoms. The molecular formula is C16H16N4O. The van der Waals surface area contributed by atoms with Crippen molar-refractivity contribution in [1.82, 2.24) is 9.97 Å². The van der Waals surface area contributed by atoms with Crippen molar-refractivity contribution in [3.05, 3.63) is 48.7 Å². The summed E-state index contributed by atoms with van der Waals surface area (Å²) in [6.45, 7) is 0. The fraction of sp³-hybridized carbons (Fsp3) is 0.125. The summed E-state index contributed by atoms with van der Waals surface area (Å²) in [7, 11) is 3.99. The molecule has 0 bridgehead atoms. The lowest BCUT2D eigenvalue weighted by Gasteiger charge is -2.14. The van der Waals surface area contributed by atoms with Crippen LogP contribution in [0.15, 0.2) is 48.7 Å². The third-order valence-corrected chi connectivity index (χ3v) is 3.17. The van der Waals surface area contributed by atoms with Gasteiger partial charge >= 0.3 is 0 Å². The highest BCUT2D eigenvalue weighted by Crippen LogP contribution is 2.30. The van der Waals surface area contributed by atoms with Crippen LogP contribution in [0, 0.1) is 0 Å². The molecule has 0 unspecified atom stereocenters. The second-order valence-corrected chi connectivity index (χ2v) is 4.91. The van der Waals surface area contributed by atoms with E-state index in [0.717, 1.165) is 22.3 Å². The smallest absolute Gasteiger partial charge is 0.220 e. The van der Waals surface area contributed by atoms with Crippen LogP contribution in [0.1, 0.15) is 0 Å². The van der Waals surface area contributed by atoms with Crippen molar-refractivity contribution < 1.29 is 4.74 Å². The van der Waals surface area contributed by atoms with Gasteiger partial charge in [0.1, 0.15) is 11.5 Å². The van der Waals surface area contributed by atoms with Gasteiger partial charge in [-0.05, 0) is 24.3 Å². The molecule has 0 saturated carbocycles. The van der Waals surface area contributed by atoms with Gasteiger partial charge in [0.15, 0.2) is 0 Å². The van der Waals surface area contributed by atoms with Gasteiger partial charge in [-0.25, -0.2) is 9.97 Å². The number of nitrogen functional groups attached to an aromatic ring is 1. The van der Waals surface area contributed by atoms with Crippen molar-refractivity contribution in [2.24, 2.45) is 0 Å². The van der Waals surface area contributed by atoms with Crippen LogP contribution in [0.5, 0.6) is 11.5 Å². The molecule has 0 spiro atoms. The van der Waals surface area contributed by atoms with Gasteiger partial charge in [0.25, 0.3) is 0 Å². The Hall–Kier alpha value is -2.82. The summed E-state index contributed by atoms with van der Waals surface area (Å²) in [6.07, 6.45) is 1.68. The molecule has 0 saturated heterocycles. The Bertz CT molecular complexity index is 786. The quantitative estimate of drug-likeness (QED) is 0.798. The Kier molecular flexibility index (Phi) is 3.31. The van der Waals surface area contributed by atoms with Crippen LogP contribution in [-0.4, -0.2) is 24.1 Å². The first-order valence-corrected chi connectivity index (χ1v) is 6.60. The summed E-state index contributed by atoms with van der Waals surface area (Å²) >= 11 is 0. The second-order valence-electron chi connectivity index (χ2n) is 4.91. The molecule has 0 aliphatic carbocycles. The molecule has 0 atom stereocenters. The molecule has 0 radical (unpaired) electrons. The molecule has 3 rings (SSSR count). The first-order valence-electron chi connectivity index (χ1n) is 6.60. The first kappa shape index (κ1) is 13.2. The van der Waals surface area contributed by atoms with E-state index in [4.69, 9.17) is 10.5 Å². The number of rotatable bonds is 3. The Morgan fingerprint density at radius 1 is 1.10 bits per heavy atom. The van der Waals surface area contributed by atoms with Gasteiger partial charge in [-0.1, -0.05) is 12.1 Å². The van der Waals surface area contributed by atoms with E-state index < -0.39 is 0 Å². The van der Waals surface area contributed by atoms with Gasteiger partial charge in [-0.3, -0.25) is 0 Å². The molecule has 2 N–H and O–H groups in total. The molecule has 1 aromatic heterocycles. The molecule has 0 fully saturated rings.